The first kappa shape index (κ1) is 25.9. The Hall–Kier alpha value is 0.850. The molecule has 2 rings (SSSR count). The quantitative estimate of drug-likeness (QED) is 0.209. The van der Waals surface area contributed by atoms with Crippen LogP contribution in [0.2, 0.25) is 0 Å². The maximum atomic E-state index is 9.94. The van der Waals surface area contributed by atoms with Gasteiger partial charge in [0.25, 0.3) is 0 Å². The van der Waals surface area contributed by atoms with Crippen LogP contribution >= 0.6 is 0 Å². The summed E-state index contributed by atoms with van der Waals surface area (Å²) in [5.74, 6) is 0. The fourth-order valence-corrected chi connectivity index (χ4v) is 2.57. The molecule has 13 heteroatoms. The third-order valence-corrected chi connectivity index (χ3v) is 3.98. The van der Waals surface area contributed by atoms with Crippen LogP contribution in [0.25, 0.3) is 0 Å². The first-order valence-electron chi connectivity index (χ1n) is 7.08. The average molecular weight is 401 g/mol. The molecule has 0 aromatic rings. The number of aliphatic hydroxyl groups excluding tert-OH is 8. The molecule has 10 atom stereocenters. The normalized spacial score (nSPS) is 47.5. The van der Waals surface area contributed by atoms with Crippen LogP contribution in [0.3, 0.4) is 0 Å². The maximum Gasteiger partial charge on any atom is 1.00 e. The number of halogens is 1. The molecule has 0 radical (unpaired) electrons. The summed E-state index contributed by atoms with van der Waals surface area (Å²) < 4.78 is 15.3. The van der Waals surface area contributed by atoms with Crippen molar-refractivity contribution in [3.63, 3.8) is 0 Å². The summed E-state index contributed by atoms with van der Waals surface area (Å²) in [5.41, 5.74) is 0. The van der Waals surface area contributed by atoms with E-state index in [-0.39, 0.29) is 42.0 Å². The van der Waals surface area contributed by atoms with Gasteiger partial charge < -0.3 is 67.5 Å². The average Bonchev–Trinajstić information content (AvgIpc) is 2.55. The van der Waals surface area contributed by atoms with Gasteiger partial charge in [0.05, 0.1) is 13.2 Å². The predicted molar refractivity (Wildman–Crippen MR) is 68.6 cm³/mol. The molecule has 2 saturated heterocycles. The zero-order valence-corrected chi connectivity index (χ0v) is 16.1. The fourth-order valence-electron chi connectivity index (χ4n) is 2.57. The molecule has 0 aromatic heterocycles. The molecule has 2 aliphatic heterocycles. The van der Waals surface area contributed by atoms with Crippen LogP contribution in [0.15, 0.2) is 0 Å². The van der Waals surface area contributed by atoms with Gasteiger partial charge in [-0.3, -0.25) is 0 Å². The summed E-state index contributed by atoms with van der Waals surface area (Å²) >= 11 is 0. The Morgan fingerprint density at radius 3 is 1.76 bits per heavy atom. The van der Waals surface area contributed by atoms with E-state index in [4.69, 9.17) is 19.3 Å². The van der Waals surface area contributed by atoms with Crippen molar-refractivity contribution in [2.75, 3.05) is 13.2 Å². The Morgan fingerprint density at radius 2 is 1.24 bits per heavy atom. The molecule has 0 amide bonds. The Balaban J connectivity index is 0.00000288. The largest absolute Gasteiger partial charge is 1.00 e. The smallest absolute Gasteiger partial charge is 1.00 e. The molecular formula is C12H22ClNaO11. The number of aliphatic hydroxyl groups is 8. The van der Waals surface area contributed by atoms with E-state index in [1.54, 1.807) is 0 Å². The first-order chi connectivity index (χ1) is 10.8. The van der Waals surface area contributed by atoms with Crippen molar-refractivity contribution >= 4 is 0 Å². The summed E-state index contributed by atoms with van der Waals surface area (Å²) in [6, 6.07) is 0. The van der Waals surface area contributed by atoms with Crippen molar-refractivity contribution in [3.8, 4) is 0 Å². The molecule has 0 aliphatic carbocycles. The van der Waals surface area contributed by atoms with Crippen LogP contribution in [0, 0.1) is 0 Å². The van der Waals surface area contributed by atoms with Gasteiger partial charge >= 0.3 is 29.6 Å². The van der Waals surface area contributed by atoms with Gasteiger partial charge in [0.1, 0.15) is 48.8 Å². The molecule has 144 valence electrons. The van der Waals surface area contributed by atoms with Crippen molar-refractivity contribution in [3.05, 3.63) is 0 Å². The molecule has 2 aliphatic rings. The molecular weight excluding hydrogens is 379 g/mol. The first-order valence-corrected chi connectivity index (χ1v) is 7.08. The number of ether oxygens (including phenoxy) is 3. The minimum Gasteiger partial charge on any atom is -1.00 e. The Kier molecular flexibility index (Phi) is 11.4. The third kappa shape index (κ3) is 5.44. The summed E-state index contributed by atoms with van der Waals surface area (Å²) in [7, 11) is 0. The second-order valence-corrected chi connectivity index (χ2v) is 5.53. The Bertz CT molecular complexity index is 390. The van der Waals surface area contributed by atoms with E-state index in [2.05, 4.69) is 0 Å². The van der Waals surface area contributed by atoms with E-state index >= 15 is 0 Å². The van der Waals surface area contributed by atoms with Gasteiger partial charge in [-0.25, -0.2) is 0 Å². The second kappa shape index (κ2) is 11.0. The Morgan fingerprint density at radius 1 is 0.680 bits per heavy atom. The van der Waals surface area contributed by atoms with Crippen molar-refractivity contribution in [1.82, 2.24) is 0 Å². The summed E-state index contributed by atoms with van der Waals surface area (Å²) in [5, 5.41) is 76.5. The van der Waals surface area contributed by atoms with Gasteiger partial charge in [0, 0.05) is 0 Å². The number of hydrogen-bond acceptors (Lipinski definition) is 11. The van der Waals surface area contributed by atoms with Crippen molar-refractivity contribution in [2.45, 2.75) is 61.4 Å². The van der Waals surface area contributed by atoms with Gasteiger partial charge in [-0.15, -0.1) is 0 Å². The van der Waals surface area contributed by atoms with E-state index < -0.39 is 74.6 Å². The van der Waals surface area contributed by atoms with Crippen LogP contribution in [0.5, 0.6) is 0 Å². The molecule has 0 spiro atoms. The van der Waals surface area contributed by atoms with E-state index in [0.717, 1.165) is 0 Å². The standard InChI is InChI=1S/C12H22O11.ClH.Na/c13-1-3-5(15)6(16)9(19)12(22-3)23-10-4(2-14)21-11(20)8(18)7(10)17;;/h3-20H,1-2H2;1H;/q;;+1/p-1/t3-,4-,5+,6+,7-,8-,9-,10-,11-,12+;;/m1../s1. The molecule has 0 aromatic carbocycles. The van der Waals surface area contributed by atoms with Crippen LogP contribution in [0.1, 0.15) is 0 Å². The van der Waals surface area contributed by atoms with E-state index in [9.17, 15) is 35.7 Å². The van der Waals surface area contributed by atoms with Crippen molar-refractivity contribution < 1.29 is 97.0 Å². The zero-order valence-electron chi connectivity index (χ0n) is 13.4. The van der Waals surface area contributed by atoms with Crippen LogP contribution in [0.4, 0.5) is 0 Å². The second-order valence-electron chi connectivity index (χ2n) is 5.53. The molecule has 8 N–H and O–H groups in total. The summed E-state index contributed by atoms with van der Waals surface area (Å²) in [6.45, 7) is -1.35. The van der Waals surface area contributed by atoms with E-state index in [1.807, 2.05) is 0 Å². The summed E-state index contributed by atoms with van der Waals surface area (Å²) in [4.78, 5) is 0. The summed E-state index contributed by atoms with van der Waals surface area (Å²) in [6.07, 6.45) is -15.6. The van der Waals surface area contributed by atoms with Gasteiger partial charge in [0.15, 0.2) is 12.6 Å². The molecule has 25 heavy (non-hydrogen) atoms. The van der Waals surface area contributed by atoms with Crippen molar-refractivity contribution in [2.24, 2.45) is 0 Å². The van der Waals surface area contributed by atoms with Gasteiger partial charge in [-0.1, -0.05) is 0 Å². The molecule has 2 heterocycles. The minimum absolute atomic E-state index is 0. The van der Waals surface area contributed by atoms with Gasteiger partial charge in [-0.05, 0) is 0 Å². The number of hydrogen-bond donors (Lipinski definition) is 8. The van der Waals surface area contributed by atoms with Crippen molar-refractivity contribution in [1.29, 1.82) is 0 Å². The van der Waals surface area contributed by atoms with E-state index in [1.165, 1.54) is 0 Å². The maximum absolute atomic E-state index is 9.94. The molecule has 0 unspecified atom stereocenters. The molecule has 0 saturated carbocycles. The van der Waals surface area contributed by atoms with Crippen LogP contribution < -0.4 is 42.0 Å². The monoisotopic (exact) mass is 400 g/mol. The van der Waals surface area contributed by atoms with Gasteiger partial charge in [-0.2, -0.15) is 0 Å². The topological polar surface area (TPSA) is 190 Å². The molecule has 2 fully saturated rings. The van der Waals surface area contributed by atoms with E-state index in [0.29, 0.717) is 0 Å². The van der Waals surface area contributed by atoms with Crippen LogP contribution in [-0.4, -0.2) is 115 Å². The minimum atomic E-state index is -1.74. The SMILES string of the molecule is OC[C@H]1O[C@@H](O[C@H]2[C@H](O)[C@@H](O)[C@H](O)O[C@@H]2CO)[C@H](O)[C@@H](O)[C@H]1O.[Cl-].[Na+]. The van der Waals surface area contributed by atoms with Gasteiger partial charge in [0.2, 0.25) is 0 Å². The third-order valence-electron chi connectivity index (χ3n) is 3.98. The fraction of sp³-hybridized carbons (Fsp3) is 1.00. The zero-order chi connectivity index (χ0) is 17.3. The van der Waals surface area contributed by atoms with Crippen LogP contribution in [-0.2, 0) is 14.2 Å². The molecule has 11 nitrogen and oxygen atoms in total. The number of rotatable bonds is 4. The predicted octanol–water partition coefficient (Wildman–Crippen LogP) is -11.4. The molecule has 0 bridgehead atoms. The Labute approximate surface area is 171 Å².